The molecule has 0 fully saturated rings. The second kappa shape index (κ2) is 4.75. The van der Waals surface area contributed by atoms with Crippen LogP contribution in [-0.2, 0) is 11.2 Å². The summed E-state index contributed by atoms with van der Waals surface area (Å²) in [5.41, 5.74) is 1.98. The van der Waals surface area contributed by atoms with Crippen molar-refractivity contribution < 1.29 is 14.6 Å². The van der Waals surface area contributed by atoms with Crippen LogP contribution in [0.15, 0.2) is 18.2 Å². The van der Waals surface area contributed by atoms with Crippen LogP contribution in [0.2, 0.25) is 0 Å². The minimum Gasteiger partial charge on any atom is -0.497 e. The lowest BCUT2D eigenvalue weighted by atomic mass is 9.92. The van der Waals surface area contributed by atoms with Crippen LogP contribution in [0.4, 0.5) is 0 Å². The number of hydrogen-bond acceptors (Lipinski definition) is 3. The Hall–Kier alpha value is -1.55. The second-order valence-corrected chi connectivity index (χ2v) is 4.18. The first-order valence-electron chi connectivity index (χ1n) is 5.81. The Bertz CT molecular complexity index is 431. The molecule has 1 heterocycles. The van der Waals surface area contributed by atoms with Crippen molar-refractivity contribution in [3.8, 4) is 5.75 Å². The summed E-state index contributed by atoms with van der Waals surface area (Å²) in [5, 5.41) is 9.34. The van der Waals surface area contributed by atoms with Gasteiger partial charge in [0.2, 0.25) is 0 Å². The zero-order valence-electron chi connectivity index (χ0n) is 10.1. The third-order valence-corrected chi connectivity index (χ3v) is 3.32. The molecular formula is C13H17NO3. The first-order valence-corrected chi connectivity index (χ1v) is 5.81. The van der Waals surface area contributed by atoms with Crippen molar-refractivity contribution in [3.63, 3.8) is 0 Å². The summed E-state index contributed by atoms with van der Waals surface area (Å²) in [5.74, 6) is 0.0100. The Morgan fingerprint density at radius 2 is 2.35 bits per heavy atom. The Kier molecular flexibility index (Phi) is 3.33. The van der Waals surface area contributed by atoms with E-state index in [4.69, 9.17) is 4.74 Å². The van der Waals surface area contributed by atoms with Crippen molar-refractivity contribution in [2.45, 2.75) is 19.4 Å². The quantitative estimate of drug-likeness (QED) is 0.866. The zero-order valence-corrected chi connectivity index (χ0v) is 10.1. The predicted molar refractivity (Wildman–Crippen MR) is 64.3 cm³/mol. The van der Waals surface area contributed by atoms with Crippen LogP contribution in [0.3, 0.4) is 0 Å². The summed E-state index contributed by atoms with van der Waals surface area (Å²) in [6.45, 7) is 3.53. The summed E-state index contributed by atoms with van der Waals surface area (Å²) in [6.07, 6.45) is 0.879. The van der Waals surface area contributed by atoms with E-state index >= 15 is 0 Å². The van der Waals surface area contributed by atoms with Gasteiger partial charge < -0.3 is 9.84 Å². The molecule has 0 saturated heterocycles. The zero-order chi connectivity index (χ0) is 12.4. The van der Waals surface area contributed by atoms with Crippen LogP contribution in [-0.4, -0.2) is 36.2 Å². The topological polar surface area (TPSA) is 49.8 Å². The van der Waals surface area contributed by atoms with Crippen LogP contribution in [0.25, 0.3) is 0 Å². The summed E-state index contributed by atoms with van der Waals surface area (Å²) in [7, 11) is 1.62. The van der Waals surface area contributed by atoms with Gasteiger partial charge in [0.15, 0.2) is 0 Å². The lowest BCUT2D eigenvalue weighted by Crippen LogP contribution is -2.39. The van der Waals surface area contributed by atoms with Gasteiger partial charge in [-0.25, -0.2) is 0 Å². The maximum atomic E-state index is 11.4. The standard InChI is InChI=1S/C13H17NO3/c1-3-14-7-6-9-8-10(17-2)4-5-11(9)12(14)13(15)16/h4-5,8,12H,3,6-7H2,1-2H3,(H,15,16). The van der Waals surface area contributed by atoms with Gasteiger partial charge in [-0.2, -0.15) is 0 Å². The molecule has 1 aromatic rings. The van der Waals surface area contributed by atoms with E-state index < -0.39 is 12.0 Å². The fourth-order valence-corrected chi connectivity index (χ4v) is 2.41. The number of methoxy groups -OCH3 is 1. The number of carboxylic acid groups (broad SMARTS) is 1. The van der Waals surface area contributed by atoms with E-state index in [0.717, 1.165) is 36.4 Å². The van der Waals surface area contributed by atoms with Crippen molar-refractivity contribution in [2.75, 3.05) is 20.2 Å². The molecule has 1 unspecified atom stereocenters. The number of ether oxygens (including phenoxy) is 1. The van der Waals surface area contributed by atoms with Crippen molar-refractivity contribution in [2.24, 2.45) is 0 Å². The first kappa shape index (κ1) is 11.9. The SMILES string of the molecule is CCN1CCc2cc(OC)ccc2C1C(=O)O. The van der Waals surface area contributed by atoms with Crippen LogP contribution in [0, 0.1) is 0 Å². The number of likely N-dealkylation sites (N-methyl/N-ethyl adjacent to an activating group) is 1. The molecule has 1 aliphatic rings. The van der Waals surface area contributed by atoms with Crippen LogP contribution < -0.4 is 4.74 Å². The molecule has 17 heavy (non-hydrogen) atoms. The molecule has 1 atom stereocenters. The average molecular weight is 235 g/mol. The third-order valence-electron chi connectivity index (χ3n) is 3.32. The van der Waals surface area contributed by atoms with E-state index in [1.165, 1.54) is 0 Å². The normalized spacial score (nSPS) is 19.8. The molecule has 92 valence electrons. The summed E-state index contributed by atoms with van der Waals surface area (Å²) < 4.78 is 5.17. The molecule has 0 amide bonds. The van der Waals surface area contributed by atoms with Crippen molar-refractivity contribution in [1.82, 2.24) is 4.90 Å². The lowest BCUT2D eigenvalue weighted by molar-refractivity contribution is -0.143. The highest BCUT2D eigenvalue weighted by molar-refractivity contribution is 5.76. The minimum absolute atomic E-state index is 0.519. The Morgan fingerprint density at radius 3 is 2.94 bits per heavy atom. The largest absolute Gasteiger partial charge is 0.497 e. The highest BCUT2D eigenvalue weighted by atomic mass is 16.5. The van der Waals surface area contributed by atoms with Crippen molar-refractivity contribution in [1.29, 1.82) is 0 Å². The van der Waals surface area contributed by atoms with Crippen LogP contribution in [0.5, 0.6) is 5.75 Å². The maximum absolute atomic E-state index is 11.4. The van der Waals surface area contributed by atoms with Gasteiger partial charge in [0.1, 0.15) is 11.8 Å². The average Bonchev–Trinajstić information content (AvgIpc) is 2.36. The molecule has 0 radical (unpaired) electrons. The van der Waals surface area contributed by atoms with Gasteiger partial charge in [0.05, 0.1) is 7.11 Å². The number of hydrogen-bond donors (Lipinski definition) is 1. The van der Waals surface area contributed by atoms with Crippen LogP contribution in [0.1, 0.15) is 24.1 Å². The fourth-order valence-electron chi connectivity index (χ4n) is 2.41. The predicted octanol–water partition coefficient (Wildman–Crippen LogP) is 1.70. The molecule has 1 N–H and O–H groups in total. The highest BCUT2D eigenvalue weighted by Gasteiger charge is 2.31. The number of aliphatic carboxylic acids is 1. The van der Waals surface area contributed by atoms with Crippen LogP contribution >= 0.6 is 0 Å². The van der Waals surface area contributed by atoms with E-state index in [1.807, 2.05) is 30.0 Å². The van der Waals surface area contributed by atoms with Gasteiger partial charge in [0.25, 0.3) is 0 Å². The Labute approximate surface area is 101 Å². The Morgan fingerprint density at radius 1 is 1.59 bits per heavy atom. The number of carboxylic acids is 1. The highest BCUT2D eigenvalue weighted by Crippen LogP contribution is 2.32. The molecule has 0 saturated carbocycles. The summed E-state index contributed by atoms with van der Waals surface area (Å²) in [4.78, 5) is 13.4. The number of nitrogens with zero attached hydrogens (tertiary/aromatic N) is 1. The lowest BCUT2D eigenvalue weighted by Gasteiger charge is -2.33. The molecule has 0 aromatic heterocycles. The van der Waals surface area contributed by atoms with Crippen molar-refractivity contribution in [3.05, 3.63) is 29.3 Å². The first-order chi connectivity index (χ1) is 8.17. The molecule has 0 bridgehead atoms. The molecule has 4 heteroatoms. The number of benzene rings is 1. The third kappa shape index (κ3) is 2.13. The summed E-state index contributed by atoms with van der Waals surface area (Å²) in [6, 6.07) is 5.12. The molecule has 2 rings (SSSR count). The van der Waals surface area contributed by atoms with Gasteiger partial charge in [-0.1, -0.05) is 13.0 Å². The number of carbonyl (C=O) groups is 1. The molecular weight excluding hydrogens is 218 g/mol. The van der Waals surface area contributed by atoms with E-state index in [9.17, 15) is 9.90 Å². The van der Waals surface area contributed by atoms with Gasteiger partial charge in [-0.3, -0.25) is 9.69 Å². The molecule has 0 spiro atoms. The van der Waals surface area contributed by atoms with Crippen molar-refractivity contribution >= 4 is 5.97 Å². The van der Waals surface area contributed by atoms with Gasteiger partial charge in [-0.15, -0.1) is 0 Å². The number of fused-ring (bicyclic) bond motifs is 1. The number of rotatable bonds is 3. The Balaban J connectivity index is 2.42. The van der Waals surface area contributed by atoms with Gasteiger partial charge >= 0.3 is 5.97 Å². The second-order valence-electron chi connectivity index (χ2n) is 4.18. The molecule has 4 nitrogen and oxygen atoms in total. The summed E-state index contributed by atoms with van der Waals surface area (Å²) >= 11 is 0. The monoisotopic (exact) mass is 235 g/mol. The van der Waals surface area contributed by atoms with E-state index in [0.29, 0.717) is 0 Å². The smallest absolute Gasteiger partial charge is 0.325 e. The van der Waals surface area contributed by atoms with E-state index in [2.05, 4.69) is 0 Å². The molecule has 1 aliphatic heterocycles. The van der Waals surface area contributed by atoms with E-state index in [1.54, 1.807) is 7.11 Å². The fraction of sp³-hybridized carbons (Fsp3) is 0.462. The van der Waals surface area contributed by atoms with Gasteiger partial charge in [-0.05, 0) is 36.2 Å². The minimum atomic E-state index is -0.780. The maximum Gasteiger partial charge on any atom is 0.325 e. The molecule has 0 aliphatic carbocycles. The van der Waals surface area contributed by atoms with Gasteiger partial charge in [0, 0.05) is 6.54 Å². The molecule has 1 aromatic carbocycles. The van der Waals surface area contributed by atoms with E-state index in [-0.39, 0.29) is 0 Å².